The maximum Gasteiger partial charge on any atom is 0.317 e. The first-order chi connectivity index (χ1) is 10.3. The van der Waals surface area contributed by atoms with Crippen LogP contribution in [0.5, 0.6) is 0 Å². The molecule has 0 aromatic rings. The summed E-state index contributed by atoms with van der Waals surface area (Å²) in [7, 11) is -1.27. The van der Waals surface area contributed by atoms with Crippen LogP contribution >= 0.6 is 0 Å². The molecule has 128 valence electrons. The smallest absolute Gasteiger partial charge is 0.317 e. The number of hydrogen-bond donors (Lipinski definition) is 1. The Morgan fingerprint density at radius 3 is 2.73 bits per heavy atom. The zero-order valence-electron chi connectivity index (χ0n) is 13.9. The standard InChI is InChI=1S/C15H29N3O3S/c1-12-5-4-7-18(10-12)13(2)9-16-15(19)17(3)14-6-8-22(20,21)11-14/h12-14H,4-11H2,1-3H3,(H,16,19)/t12-,13+,14+/m1/s1. The number of carbonyl (C=O) groups is 1. The van der Waals surface area contributed by atoms with Gasteiger partial charge in [-0.25, -0.2) is 13.2 Å². The molecule has 0 bridgehead atoms. The van der Waals surface area contributed by atoms with Crippen molar-refractivity contribution in [3.63, 3.8) is 0 Å². The molecule has 2 amide bonds. The lowest BCUT2D eigenvalue weighted by Gasteiger charge is -2.36. The SMILES string of the molecule is C[C@@H]1CCCN([C@@H](C)CNC(=O)N(C)[C@H]2CCS(=O)(=O)C2)C1. The first kappa shape index (κ1) is 17.5. The molecule has 22 heavy (non-hydrogen) atoms. The summed E-state index contributed by atoms with van der Waals surface area (Å²) in [6.07, 6.45) is 3.05. The van der Waals surface area contributed by atoms with Crippen LogP contribution in [-0.2, 0) is 9.84 Å². The van der Waals surface area contributed by atoms with E-state index in [2.05, 4.69) is 24.1 Å². The van der Waals surface area contributed by atoms with Crippen molar-refractivity contribution in [2.75, 3.05) is 38.2 Å². The molecule has 0 radical (unpaired) electrons. The number of sulfone groups is 1. The number of nitrogens with one attached hydrogen (secondary N) is 1. The Labute approximate surface area is 134 Å². The molecule has 2 aliphatic rings. The molecule has 2 saturated heterocycles. The Kier molecular flexibility index (Phi) is 5.71. The molecule has 2 fully saturated rings. The predicted octanol–water partition coefficient (Wildman–Crippen LogP) is 0.935. The fourth-order valence-corrected chi connectivity index (χ4v) is 5.14. The first-order valence-electron chi connectivity index (χ1n) is 8.23. The van der Waals surface area contributed by atoms with Crippen molar-refractivity contribution in [3.8, 4) is 0 Å². The van der Waals surface area contributed by atoms with Crippen LogP contribution in [0.2, 0.25) is 0 Å². The number of nitrogens with zero attached hydrogens (tertiary/aromatic N) is 2. The molecule has 0 aromatic carbocycles. The molecule has 0 aliphatic carbocycles. The Morgan fingerprint density at radius 2 is 2.14 bits per heavy atom. The highest BCUT2D eigenvalue weighted by molar-refractivity contribution is 7.91. The average Bonchev–Trinajstić information content (AvgIpc) is 2.83. The quantitative estimate of drug-likeness (QED) is 0.832. The highest BCUT2D eigenvalue weighted by Gasteiger charge is 2.33. The van der Waals surface area contributed by atoms with Gasteiger partial charge in [-0.2, -0.15) is 0 Å². The number of piperidine rings is 1. The van der Waals surface area contributed by atoms with Crippen LogP contribution in [0.1, 0.15) is 33.1 Å². The van der Waals surface area contributed by atoms with E-state index >= 15 is 0 Å². The molecule has 2 heterocycles. The average molecular weight is 331 g/mol. The maximum absolute atomic E-state index is 12.2. The Balaban J connectivity index is 1.77. The molecule has 2 aliphatic heterocycles. The zero-order valence-corrected chi connectivity index (χ0v) is 14.7. The highest BCUT2D eigenvalue weighted by Crippen LogP contribution is 2.18. The van der Waals surface area contributed by atoms with E-state index in [1.807, 2.05) is 0 Å². The minimum absolute atomic E-state index is 0.0934. The third-order valence-corrected chi connectivity index (χ3v) is 6.69. The fourth-order valence-electron chi connectivity index (χ4n) is 3.36. The third kappa shape index (κ3) is 4.59. The number of amides is 2. The Morgan fingerprint density at radius 1 is 1.41 bits per heavy atom. The van der Waals surface area contributed by atoms with Gasteiger partial charge in [-0.3, -0.25) is 4.90 Å². The molecule has 0 aromatic heterocycles. The van der Waals surface area contributed by atoms with Crippen LogP contribution in [0.25, 0.3) is 0 Å². The van der Waals surface area contributed by atoms with Gasteiger partial charge in [-0.1, -0.05) is 6.92 Å². The molecule has 2 rings (SSSR count). The van der Waals surface area contributed by atoms with E-state index in [-0.39, 0.29) is 23.6 Å². The van der Waals surface area contributed by atoms with E-state index in [1.54, 1.807) is 11.9 Å². The summed E-state index contributed by atoms with van der Waals surface area (Å²) in [5.41, 5.74) is 0. The van der Waals surface area contributed by atoms with E-state index in [0.29, 0.717) is 19.0 Å². The summed E-state index contributed by atoms with van der Waals surface area (Å²) < 4.78 is 23.0. The van der Waals surface area contributed by atoms with E-state index in [4.69, 9.17) is 0 Å². The van der Waals surface area contributed by atoms with Gasteiger partial charge in [0.15, 0.2) is 9.84 Å². The van der Waals surface area contributed by atoms with Gasteiger partial charge < -0.3 is 10.2 Å². The van der Waals surface area contributed by atoms with Crippen molar-refractivity contribution >= 4 is 15.9 Å². The number of urea groups is 1. The van der Waals surface area contributed by atoms with Gasteiger partial charge in [0.05, 0.1) is 11.5 Å². The lowest BCUT2D eigenvalue weighted by Crippen LogP contribution is -2.50. The highest BCUT2D eigenvalue weighted by atomic mass is 32.2. The molecule has 0 spiro atoms. The largest absolute Gasteiger partial charge is 0.336 e. The monoisotopic (exact) mass is 331 g/mol. The minimum Gasteiger partial charge on any atom is -0.336 e. The third-order valence-electron chi connectivity index (χ3n) is 4.94. The maximum atomic E-state index is 12.2. The number of rotatable bonds is 4. The van der Waals surface area contributed by atoms with Crippen molar-refractivity contribution in [1.29, 1.82) is 0 Å². The molecule has 6 nitrogen and oxygen atoms in total. The molecule has 0 unspecified atom stereocenters. The first-order valence-corrected chi connectivity index (χ1v) is 10.1. The normalized spacial score (nSPS) is 30.0. The molecule has 0 saturated carbocycles. The molecular formula is C15H29N3O3S. The van der Waals surface area contributed by atoms with Gasteiger partial charge >= 0.3 is 6.03 Å². The van der Waals surface area contributed by atoms with Gasteiger partial charge in [0.2, 0.25) is 0 Å². The summed E-state index contributed by atoms with van der Waals surface area (Å²) in [5, 5.41) is 2.95. The van der Waals surface area contributed by atoms with Crippen LogP contribution in [0.3, 0.4) is 0 Å². The number of likely N-dealkylation sites (tertiary alicyclic amines) is 1. The van der Waals surface area contributed by atoms with E-state index in [1.165, 1.54) is 12.8 Å². The van der Waals surface area contributed by atoms with Crippen LogP contribution < -0.4 is 5.32 Å². The lowest BCUT2D eigenvalue weighted by molar-refractivity contribution is 0.134. The van der Waals surface area contributed by atoms with Crippen LogP contribution in [0.15, 0.2) is 0 Å². The van der Waals surface area contributed by atoms with Crippen molar-refractivity contribution < 1.29 is 13.2 Å². The molecular weight excluding hydrogens is 302 g/mol. The second-order valence-electron chi connectivity index (χ2n) is 6.95. The summed E-state index contributed by atoms with van der Waals surface area (Å²) in [6.45, 7) is 7.20. The van der Waals surface area contributed by atoms with Gasteiger partial charge in [-0.05, 0) is 38.6 Å². The van der Waals surface area contributed by atoms with Crippen LogP contribution in [-0.4, -0.2) is 74.5 Å². The Bertz CT molecular complexity index is 494. The summed E-state index contributed by atoms with van der Waals surface area (Å²) in [4.78, 5) is 16.2. The minimum atomic E-state index is -2.96. The molecule has 1 N–H and O–H groups in total. The number of hydrogen-bond acceptors (Lipinski definition) is 4. The van der Waals surface area contributed by atoms with E-state index in [9.17, 15) is 13.2 Å². The van der Waals surface area contributed by atoms with Crippen molar-refractivity contribution in [2.24, 2.45) is 5.92 Å². The Hall–Kier alpha value is -0.820. The van der Waals surface area contributed by atoms with Gasteiger partial charge in [-0.15, -0.1) is 0 Å². The second kappa shape index (κ2) is 7.17. The summed E-state index contributed by atoms with van der Waals surface area (Å²) in [5.74, 6) is 1.01. The topological polar surface area (TPSA) is 69.7 Å². The zero-order chi connectivity index (χ0) is 16.3. The van der Waals surface area contributed by atoms with Gasteiger partial charge in [0.25, 0.3) is 0 Å². The predicted molar refractivity (Wildman–Crippen MR) is 87.7 cm³/mol. The molecule has 3 atom stereocenters. The summed E-state index contributed by atoms with van der Waals surface area (Å²) >= 11 is 0. The van der Waals surface area contributed by atoms with E-state index < -0.39 is 9.84 Å². The van der Waals surface area contributed by atoms with Crippen molar-refractivity contribution in [1.82, 2.24) is 15.1 Å². The van der Waals surface area contributed by atoms with Crippen molar-refractivity contribution in [2.45, 2.75) is 45.2 Å². The summed E-state index contributed by atoms with van der Waals surface area (Å²) in [6, 6.07) is -0.0401. The van der Waals surface area contributed by atoms with E-state index in [0.717, 1.165) is 19.0 Å². The second-order valence-corrected chi connectivity index (χ2v) is 9.17. The van der Waals surface area contributed by atoms with Crippen LogP contribution in [0.4, 0.5) is 4.79 Å². The number of carbonyl (C=O) groups excluding carboxylic acids is 1. The van der Waals surface area contributed by atoms with Gasteiger partial charge in [0, 0.05) is 32.2 Å². The van der Waals surface area contributed by atoms with Gasteiger partial charge in [0.1, 0.15) is 0 Å². The van der Waals surface area contributed by atoms with Crippen LogP contribution in [0, 0.1) is 5.92 Å². The fraction of sp³-hybridized carbons (Fsp3) is 0.933. The van der Waals surface area contributed by atoms with Crippen molar-refractivity contribution in [3.05, 3.63) is 0 Å². The molecule has 7 heteroatoms. The lowest BCUT2D eigenvalue weighted by atomic mass is 9.99.